The van der Waals surface area contributed by atoms with E-state index in [1.54, 1.807) is 6.20 Å². The smallest absolute Gasteiger partial charge is 0.227 e. The molecule has 0 aliphatic carbocycles. The first-order valence-corrected chi connectivity index (χ1v) is 7.87. The highest BCUT2D eigenvalue weighted by Gasteiger charge is 2.26. The molecule has 6 heteroatoms. The molecular weight excluding hydrogens is 292 g/mol. The van der Waals surface area contributed by atoms with Gasteiger partial charge in [0.05, 0.1) is 25.3 Å². The third-order valence-electron chi connectivity index (χ3n) is 4.32. The van der Waals surface area contributed by atoms with Crippen LogP contribution in [0.3, 0.4) is 0 Å². The normalized spacial score (nSPS) is 18.2. The van der Waals surface area contributed by atoms with Crippen molar-refractivity contribution in [1.29, 1.82) is 0 Å². The highest BCUT2D eigenvalue weighted by Crippen LogP contribution is 2.23. The van der Waals surface area contributed by atoms with Gasteiger partial charge < -0.3 is 9.64 Å². The summed E-state index contributed by atoms with van der Waals surface area (Å²) in [6.07, 6.45) is 2.09. The van der Waals surface area contributed by atoms with E-state index in [4.69, 9.17) is 4.74 Å². The number of amides is 1. The molecule has 1 atom stereocenters. The molecular formula is C17H22N4O2. The van der Waals surface area contributed by atoms with E-state index in [0.717, 1.165) is 28.2 Å². The van der Waals surface area contributed by atoms with Crippen molar-refractivity contribution < 1.29 is 9.53 Å². The summed E-state index contributed by atoms with van der Waals surface area (Å²) in [6, 6.07) is 3.97. The van der Waals surface area contributed by atoms with E-state index in [1.807, 2.05) is 37.8 Å². The Hall–Kier alpha value is -2.21. The first kappa shape index (κ1) is 15.7. The highest BCUT2D eigenvalue weighted by atomic mass is 16.5. The Morgan fingerprint density at radius 1 is 1.43 bits per heavy atom. The molecule has 1 N–H and O–H groups in total. The van der Waals surface area contributed by atoms with E-state index in [2.05, 4.69) is 15.2 Å². The summed E-state index contributed by atoms with van der Waals surface area (Å²) in [5.74, 6) is 0.122. The minimum atomic E-state index is -0.0825. The summed E-state index contributed by atoms with van der Waals surface area (Å²) in [5.41, 5.74) is 4.89. The third kappa shape index (κ3) is 3.42. The van der Waals surface area contributed by atoms with E-state index in [1.165, 1.54) is 0 Å². The number of hydrogen-bond acceptors (Lipinski definition) is 4. The van der Waals surface area contributed by atoms with E-state index in [9.17, 15) is 4.79 Å². The molecule has 0 bridgehead atoms. The largest absolute Gasteiger partial charge is 0.370 e. The van der Waals surface area contributed by atoms with Crippen molar-refractivity contribution in [1.82, 2.24) is 20.1 Å². The number of H-pyrrole nitrogens is 1. The minimum absolute atomic E-state index is 0.0825. The van der Waals surface area contributed by atoms with Crippen LogP contribution >= 0.6 is 0 Å². The number of nitrogens with one attached hydrogen (secondary N) is 1. The summed E-state index contributed by atoms with van der Waals surface area (Å²) in [4.78, 5) is 18.7. The summed E-state index contributed by atoms with van der Waals surface area (Å²) in [7, 11) is 0. The van der Waals surface area contributed by atoms with Gasteiger partial charge in [0.25, 0.3) is 0 Å². The molecule has 0 spiro atoms. The molecule has 1 saturated heterocycles. The lowest BCUT2D eigenvalue weighted by molar-refractivity contribution is -0.138. The molecule has 1 fully saturated rings. The van der Waals surface area contributed by atoms with Crippen LogP contribution in [0, 0.1) is 20.8 Å². The van der Waals surface area contributed by atoms with Crippen LogP contribution in [0.5, 0.6) is 0 Å². The maximum Gasteiger partial charge on any atom is 0.227 e. The van der Waals surface area contributed by atoms with Crippen molar-refractivity contribution in [2.45, 2.75) is 33.3 Å². The molecule has 6 nitrogen and oxygen atoms in total. The zero-order valence-electron chi connectivity index (χ0n) is 13.8. The summed E-state index contributed by atoms with van der Waals surface area (Å²) >= 11 is 0. The molecule has 23 heavy (non-hydrogen) atoms. The molecule has 1 amide bonds. The van der Waals surface area contributed by atoms with Crippen LogP contribution in [0.2, 0.25) is 0 Å². The van der Waals surface area contributed by atoms with Crippen molar-refractivity contribution in [2.24, 2.45) is 0 Å². The first-order chi connectivity index (χ1) is 11.0. The molecule has 1 aliphatic heterocycles. The lowest BCUT2D eigenvalue weighted by Gasteiger charge is -2.33. The molecule has 0 aromatic carbocycles. The number of carbonyl (C=O) groups excluding carboxylic acids is 1. The van der Waals surface area contributed by atoms with Gasteiger partial charge in [-0.25, -0.2) is 0 Å². The molecule has 122 valence electrons. The Kier molecular flexibility index (Phi) is 4.43. The molecule has 3 heterocycles. The predicted octanol–water partition coefficient (Wildman–Crippen LogP) is 1.87. The minimum Gasteiger partial charge on any atom is -0.370 e. The quantitative estimate of drug-likeness (QED) is 0.939. The molecule has 2 aromatic rings. The van der Waals surface area contributed by atoms with Crippen molar-refractivity contribution in [2.75, 3.05) is 19.7 Å². The Labute approximate surface area is 135 Å². The van der Waals surface area contributed by atoms with Crippen molar-refractivity contribution in [3.05, 3.63) is 46.5 Å². The van der Waals surface area contributed by atoms with Crippen LogP contribution in [-0.2, 0) is 16.0 Å². The average molecular weight is 314 g/mol. The number of aromatic nitrogens is 3. The Balaban J connectivity index is 1.70. The van der Waals surface area contributed by atoms with Gasteiger partial charge in [0, 0.05) is 29.7 Å². The van der Waals surface area contributed by atoms with Gasteiger partial charge in [0.1, 0.15) is 6.10 Å². The fourth-order valence-corrected chi connectivity index (χ4v) is 2.94. The lowest BCUT2D eigenvalue weighted by Crippen LogP contribution is -2.43. The van der Waals surface area contributed by atoms with Crippen molar-refractivity contribution >= 4 is 5.91 Å². The average Bonchev–Trinajstić information content (AvgIpc) is 2.87. The zero-order chi connectivity index (χ0) is 16.4. The monoisotopic (exact) mass is 314 g/mol. The first-order valence-electron chi connectivity index (χ1n) is 7.87. The standard InChI is InChI=1S/C17H22N4O2/c1-11-8-14(4-5-18-11)16-10-21(6-7-23-16)17(22)9-15-12(2)19-20-13(15)3/h4-5,8,16H,6-7,9-10H2,1-3H3,(H,19,20)/t16-/m1/s1. The number of rotatable bonds is 3. The number of carbonyl (C=O) groups is 1. The van der Waals surface area contributed by atoms with E-state index >= 15 is 0 Å². The highest BCUT2D eigenvalue weighted by molar-refractivity contribution is 5.79. The summed E-state index contributed by atoms with van der Waals surface area (Å²) in [5, 5.41) is 7.09. The van der Waals surface area contributed by atoms with Gasteiger partial charge in [-0.2, -0.15) is 5.10 Å². The topological polar surface area (TPSA) is 71.1 Å². The Bertz CT molecular complexity index is 691. The van der Waals surface area contributed by atoms with Crippen LogP contribution in [0.1, 0.15) is 34.3 Å². The molecule has 1 aliphatic rings. The number of pyridine rings is 1. The van der Waals surface area contributed by atoms with Crippen molar-refractivity contribution in [3.63, 3.8) is 0 Å². The third-order valence-corrected chi connectivity index (χ3v) is 4.32. The SMILES string of the molecule is Cc1cc([C@H]2CN(C(=O)Cc3c(C)n[nH]c3C)CCO2)ccn1. The van der Waals surface area contributed by atoms with E-state index in [0.29, 0.717) is 26.1 Å². The molecule has 0 saturated carbocycles. The second-order valence-corrected chi connectivity index (χ2v) is 6.02. The fraction of sp³-hybridized carbons (Fsp3) is 0.471. The van der Waals surface area contributed by atoms with Crippen LogP contribution in [-0.4, -0.2) is 45.7 Å². The van der Waals surface area contributed by atoms with Gasteiger partial charge in [-0.3, -0.25) is 14.9 Å². The van der Waals surface area contributed by atoms with Gasteiger partial charge in [-0.05, 0) is 38.5 Å². The maximum absolute atomic E-state index is 12.6. The van der Waals surface area contributed by atoms with Crippen LogP contribution in [0.15, 0.2) is 18.3 Å². The van der Waals surface area contributed by atoms with Crippen molar-refractivity contribution in [3.8, 4) is 0 Å². The van der Waals surface area contributed by atoms with Gasteiger partial charge in [0.2, 0.25) is 5.91 Å². The number of aryl methyl sites for hydroxylation is 3. The second-order valence-electron chi connectivity index (χ2n) is 6.02. The zero-order valence-corrected chi connectivity index (χ0v) is 13.8. The molecule has 0 unspecified atom stereocenters. The van der Waals surface area contributed by atoms with E-state index in [-0.39, 0.29) is 12.0 Å². The van der Waals surface area contributed by atoms with Crippen LogP contribution in [0.25, 0.3) is 0 Å². The predicted molar refractivity (Wildman–Crippen MR) is 86.0 cm³/mol. The van der Waals surface area contributed by atoms with Crippen LogP contribution in [0.4, 0.5) is 0 Å². The van der Waals surface area contributed by atoms with Gasteiger partial charge in [-0.15, -0.1) is 0 Å². The number of aromatic amines is 1. The molecule has 0 radical (unpaired) electrons. The lowest BCUT2D eigenvalue weighted by atomic mass is 10.1. The maximum atomic E-state index is 12.6. The van der Waals surface area contributed by atoms with Gasteiger partial charge in [-0.1, -0.05) is 0 Å². The van der Waals surface area contributed by atoms with Gasteiger partial charge >= 0.3 is 0 Å². The number of nitrogens with zero attached hydrogens (tertiary/aromatic N) is 3. The second kappa shape index (κ2) is 6.50. The Morgan fingerprint density at radius 3 is 2.96 bits per heavy atom. The van der Waals surface area contributed by atoms with Gasteiger partial charge in [0.15, 0.2) is 0 Å². The van der Waals surface area contributed by atoms with Crippen LogP contribution < -0.4 is 0 Å². The summed E-state index contributed by atoms with van der Waals surface area (Å²) < 4.78 is 5.84. The number of hydrogen-bond donors (Lipinski definition) is 1. The van der Waals surface area contributed by atoms with E-state index < -0.39 is 0 Å². The fourth-order valence-electron chi connectivity index (χ4n) is 2.94. The number of ether oxygens (including phenoxy) is 1. The number of morpholine rings is 1. The molecule has 3 rings (SSSR count). The Morgan fingerprint density at radius 2 is 2.26 bits per heavy atom. The summed E-state index contributed by atoms with van der Waals surface area (Å²) in [6.45, 7) is 7.60. The molecule has 2 aromatic heterocycles.